The molecule has 0 aromatic heterocycles. The minimum atomic E-state index is 0.157. The highest BCUT2D eigenvalue weighted by molar-refractivity contribution is 9.10. The maximum Gasteiger partial charge on any atom is 0.0987 e. The van der Waals surface area contributed by atoms with Crippen molar-refractivity contribution in [1.82, 2.24) is 5.32 Å². The van der Waals surface area contributed by atoms with Crippen molar-refractivity contribution < 1.29 is 9.47 Å². The zero-order valence-corrected chi connectivity index (χ0v) is 13.3. The lowest BCUT2D eigenvalue weighted by molar-refractivity contribution is -0.133. The van der Waals surface area contributed by atoms with Gasteiger partial charge in [-0.2, -0.15) is 0 Å². The Balaban J connectivity index is 1.93. The Kier molecular flexibility index (Phi) is 5.39. The molecule has 19 heavy (non-hydrogen) atoms. The van der Waals surface area contributed by atoms with Gasteiger partial charge in [-0.05, 0) is 31.9 Å². The predicted octanol–water partition coefficient (Wildman–Crippen LogP) is 3.29. The van der Waals surface area contributed by atoms with E-state index in [2.05, 4.69) is 46.4 Å². The molecule has 0 radical (unpaired) electrons. The average molecular weight is 328 g/mol. The number of benzene rings is 1. The van der Waals surface area contributed by atoms with Gasteiger partial charge in [-0.1, -0.05) is 34.1 Å². The molecule has 3 unspecified atom stereocenters. The number of nitrogens with one attached hydrogen (secondary N) is 1. The zero-order valence-electron chi connectivity index (χ0n) is 11.7. The molecular formula is C15H22BrNO2. The van der Waals surface area contributed by atoms with E-state index in [0.29, 0.717) is 12.1 Å². The molecule has 1 saturated carbocycles. The molecule has 4 atom stereocenters. The third-order valence-electron chi connectivity index (χ3n) is 3.74. The van der Waals surface area contributed by atoms with Crippen LogP contribution in [0.2, 0.25) is 0 Å². The predicted molar refractivity (Wildman–Crippen MR) is 80.3 cm³/mol. The van der Waals surface area contributed by atoms with Gasteiger partial charge in [-0.15, -0.1) is 0 Å². The maximum atomic E-state index is 5.65. The lowest BCUT2D eigenvalue weighted by Gasteiger charge is -2.44. The van der Waals surface area contributed by atoms with Crippen molar-refractivity contribution in [2.75, 3.05) is 13.7 Å². The first kappa shape index (κ1) is 15.0. The van der Waals surface area contributed by atoms with Crippen LogP contribution in [0.5, 0.6) is 0 Å². The molecule has 3 nitrogen and oxygen atoms in total. The second-order valence-corrected chi connectivity index (χ2v) is 5.80. The molecule has 1 aromatic rings. The summed E-state index contributed by atoms with van der Waals surface area (Å²) in [6, 6.07) is 8.97. The van der Waals surface area contributed by atoms with E-state index >= 15 is 0 Å². The first-order valence-electron chi connectivity index (χ1n) is 6.82. The van der Waals surface area contributed by atoms with Gasteiger partial charge < -0.3 is 14.8 Å². The Morgan fingerprint density at radius 3 is 2.79 bits per heavy atom. The Hall–Kier alpha value is -0.420. The van der Waals surface area contributed by atoms with Gasteiger partial charge in [0.1, 0.15) is 0 Å². The van der Waals surface area contributed by atoms with Gasteiger partial charge >= 0.3 is 0 Å². The zero-order chi connectivity index (χ0) is 13.8. The number of hydrogen-bond acceptors (Lipinski definition) is 3. The molecular weight excluding hydrogens is 306 g/mol. The van der Waals surface area contributed by atoms with Crippen LogP contribution in [0.3, 0.4) is 0 Å². The second-order valence-electron chi connectivity index (χ2n) is 4.95. The molecule has 1 aliphatic rings. The van der Waals surface area contributed by atoms with Crippen LogP contribution < -0.4 is 5.32 Å². The lowest BCUT2D eigenvalue weighted by atomic mass is 9.84. The highest BCUT2D eigenvalue weighted by atomic mass is 79.9. The van der Waals surface area contributed by atoms with Crippen LogP contribution in [-0.2, 0) is 9.47 Å². The van der Waals surface area contributed by atoms with Crippen molar-refractivity contribution >= 4 is 15.9 Å². The summed E-state index contributed by atoms with van der Waals surface area (Å²) in [6.07, 6.45) is 1.41. The Morgan fingerprint density at radius 1 is 1.42 bits per heavy atom. The summed E-state index contributed by atoms with van der Waals surface area (Å²) < 4.78 is 12.3. The fourth-order valence-electron chi connectivity index (χ4n) is 2.67. The average Bonchev–Trinajstić information content (AvgIpc) is 2.38. The summed E-state index contributed by atoms with van der Waals surface area (Å²) in [7, 11) is 1.76. The third kappa shape index (κ3) is 3.37. The quantitative estimate of drug-likeness (QED) is 0.869. The van der Waals surface area contributed by atoms with Crippen LogP contribution in [0.4, 0.5) is 0 Å². The van der Waals surface area contributed by atoms with Crippen molar-refractivity contribution in [3.05, 3.63) is 34.3 Å². The minimum Gasteiger partial charge on any atom is -0.377 e. The summed E-state index contributed by atoms with van der Waals surface area (Å²) >= 11 is 3.60. The molecule has 0 amide bonds. The van der Waals surface area contributed by atoms with E-state index in [-0.39, 0.29) is 12.2 Å². The summed E-state index contributed by atoms with van der Waals surface area (Å²) in [5.41, 5.74) is 1.28. The van der Waals surface area contributed by atoms with Crippen molar-refractivity contribution in [1.29, 1.82) is 0 Å². The Bertz CT molecular complexity index is 413. The smallest absolute Gasteiger partial charge is 0.0987 e. The van der Waals surface area contributed by atoms with Crippen LogP contribution in [0, 0.1) is 0 Å². The molecule has 2 rings (SSSR count). The highest BCUT2D eigenvalue weighted by Gasteiger charge is 2.42. The number of halogens is 1. The van der Waals surface area contributed by atoms with Crippen molar-refractivity contribution in [2.45, 2.75) is 44.6 Å². The van der Waals surface area contributed by atoms with Gasteiger partial charge in [0.25, 0.3) is 0 Å². The molecule has 106 valence electrons. The highest BCUT2D eigenvalue weighted by Crippen LogP contribution is 2.30. The molecule has 0 bridgehead atoms. The normalized spacial score (nSPS) is 27.9. The molecule has 0 spiro atoms. The van der Waals surface area contributed by atoms with Gasteiger partial charge in [0.2, 0.25) is 0 Å². The number of rotatable bonds is 6. The van der Waals surface area contributed by atoms with Crippen LogP contribution in [0.1, 0.15) is 31.9 Å². The topological polar surface area (TPSA) is 30.5 Å². The lowest BCUT2D eigenvalue weighted by Crippen LogP contribution is -2.60. The van der Waals surface area contributed by atoms with Gasteiger partial charge in [0.05, 0.1) is 12.2 Å². The van der Waals surface area contributed by atoms with Gasteiger partial charge in [-0.25, -0.2) is 0 Å². The van der Waals surface area contributed by atoms with E-state index in [1.807, 2.05) is 13.0 Å². The second kappa shape index (κ2) is 6.84. The maximum absolute atomic E-state index is 5.65. The summed E-state index contributed by atoms with van der Waals surface area (Å²) in [5.74, 6) is 0. The number of hydrogen-bond donors (Lipinski definition) is 1. The fourth-order valence-corrected chi connectivity index (χ4v) is 3.30. The molecule has 1 aliphatic carbocycles. The third-order valence-corrected chi connectivity index (χ3v) is 4.46. The van der Waals surface area contributed by atoms with Crippen LogP contribution >= 0.6 is 15.9 Å². The molecule has 4 heteroatoms. The van der Waals surface area contributed by atoms with Gasteiger partial charge in [0, 0.05) is 30.3 Å². The van der Waals surface area contributed by atoms with E-state index < -0.39 is 0 Å². The van der Waals surface area contributed by atoms with E-state index in [1.54, 1.807) is 7.11 Å². The Morgan fingerprint density at radius 2 is 2.16 bits per heavy atom. The van der Waals surface area contributed by atoms with Crippen molar-refractivity contribution in [2.24, 2.45) is 0 Å². The fraction of sp³-hybridized carbons (Fsp3) is 0.600. The van der Waals surface area contributed by atoms with Gasteiger partial charge in [-0.3, -0.25) is 0 Å². The van der Waals surface area contributed by atoms with Crippen molar-refractivity contribution in [3.63, 3.8) is 0 Å². The van der Waals surface area contributed by atoms with E-state index in [0.717, 1.165) is 17.5 Å². The largest absolute Gasteiger partial charge is 0.377 e. The first-order valence-corrected chi connectivity index (χ1v) is 7.61. The molecule has 1 fully saturated rings. The van der Waals surface area contributed by atoms with Crippen LogP contribution in [0.25, 0.3) is 0 Å². The van der Waals surface area contributed by atoms with Gasteiger partial charge in [0.15, 0.2) is 0 Å². The SMILES string of the molecule is CCOC1CC(N[C@@H](C)c2ccccc2Br)C1OC. The standard InChI is InChI=1S/C15H22BrNO2/c1-4-19-14-9-13(15(14)18-3)17-10(2)11-7-5-6-8-12(11)16/h5-8,10,13-15,17H,4,9H2,1-3H3/t10-,13?,14?,15?/m0/s1. The first-order chi connectivity index (χ1) is 9.17. The summed E-state index contributed by atoms with van der Waals surface area (Å²) in [6.45, 7) is 4.95. The van der Waals surface area contributed by atoms with Crippen LogP contribution in [0.15, 0.2) is 28.7 Å². The van der Waals surface area contributed by atoms with E-state index in [9.17, 15) is 0 Å². The Labute approximate surface area is 123 Å². The minimum absolute atomic E-state index is 0.157. The van der Waals surface area contributed by atoms with Crippen molar-refractivity contribution in [3.8, 4) is 0 Å². The molecule has 1 N–H and O–H groups in total. The molecule has 0 aliphatic heterocycles. The number of methoxy groups -OCH3 is 1. The monoisotopic (exact) mass is 327 g/mol. The van der Waals surface area contributed by atoms with E-state index in [4.69, 9.17) is 9.47 Å². The molecule has 0 heterocycles. The number of ether oxygens (including phenoxy) is 2. The molecule has 0 saturated heterocycles. The van der Waals surface area contributed by atoms with Crippen LogP contribution in [-0.4, -0.2) is 32.0 Å². The van der Waals surface area contributed by atoms with E-state index in [1.165, 1.54) is 5.56 Å². The molecule has 1 aromatic carbocycles. The summed E-state index contributed by atoms with van der Waals surface area (Å²) in [5, 5.41) is 3.63. The summed E-state index contributed by atoms with van der Waals surface area (Å²) in [4.78, 5) is 0.